The zero-order chi connectivity index (χ0) is 12.8. The van der Waals surface area contributed by atoms with Crippen LogP contribution < -0.4 is 5.32 Å². The Morgan fingerprint density at radius 3 is 3.22 bits per heavy atom. The van der Waals surface area contributed by atoms with Crippen LogP contribution in [0.2, 0.25) is 0 Å². The van der Waals surface area contributed by atoms with Crippen LogP contribution in [0.25, 0.3) is 10.8 Å². The van der Waals surface area contributed by atoms with E-state index in [1.54, 1.807) is 0 Å². The van der Waals surface area contributed by atoms with Gasteiger partial charge in [-0.25, -0.2) is 4.79 Å². The molecule has 6 nitrogen and oxygen atoms in total. The Morgan fingerprint density at radius 2 is 2.50 bits per heavy atom. The molecule has 18 heavy (non-hydrogen) atoms. The summed E-state index contributed by atoms with van der Waals surface area (Å²) >= 11 is 1.52. The van der Waals surface area contributed by atoms with Crippen LogP contribution in [0.3, 0.4) is 0 Å². The fraction of sp³-hybridized carbons (Fsp3) is 0.364. The molecule has 0 bridgehead atoms. The van der Waals surface area contributed by atoms with Crippen molar-refractivity contribution >= 4 is 17.4 Å². The summed E-state index contributed by atoms with van der Waals surface area (Å²) in [4.78, 5) is 16.3. The van der Waals surface area contributed by atoms with E-state index in [2.05, 4.69) is 15.5 Å². The van der Waals surface area contributed by atoms with Crippen molar-refractivity contribution in [1.29, 1.82) is 0 Å². The molecule has 2 aromatic rings. The normalized spacial score (nSPS) is 10.3. The van der Waals surface area contributed by atoms with Crippen molar-refractivity contribution < 1.29 is 14.1 Å². The topological polar surface area (TPSA) is 77.2 Å². The van der Waals surface area contributed by atoms with Gasteiger partial charge in [-0.05, 0) is 17.9 Å². The van der Waals surface area contributed by atoms with E-state index >= 15 is 0 Å². The van der Waals surface area contributed by atoms with E-state index in [-0.39, 0.29) is 6.54 Å². The number of hydrogen-bond acceptors (Lipinski definition) is 6. The smallest absolute Gasteiger partial charge is 0.407 e. The molecule has 0 radical (unpaired) electrons. The molecule has 0 aliphatic heterocycles. The molecule has 2 aromatic heterocycles. The van der Waals surface area contributed by atoms with Crippen LogP contribution in [0, 0.1) is 0 Å². The Balaban J connectivity index is 1.86. The molecule has 0 aliphatic rings. The number of alkyl carbamates (subject to hydrolysis) is 1. The molecule has 96 valence electrons. The number of aromatic nitrogens is 2. The molecule has 0 atom stereocenters. The lowest BCUT2D eigenvalue weighted by Crippen LogP contribution is -2.24. The van der Waals surface area contributed by atoms with Gasteiger partial charge in [0.25, 0.3) is 5.89 Å². The van der Waals surface area contributed by atoms with Crippen LogP contribution in [-0.4, -0.2) is 22.8 Å². The number of nitrogens with one attached hydrogen (secondary N) is 1. The van der Waals surface area contributed by atoms with Crippen molar-refractivity contribution in [2.75, 3.05) is 6.61 Å². The summed E-state index contributed by atoms with van der Waals surface area (Å²) in [5, 5.41) is 8.25. The van der Waals surface area contributed by atoms with Gasteiger partial charge < -0.3 is 14.6 Å². The van der Waals surface area contributed by atoms with E-state index in [4.69, 9.17) is 9.26 Å². The summed E-state index contributed by atoms with van der Waals surface area (Å²) in [5.74, 6) is 0.885. The van der Waals surface area contributed by atoms with Crippen molar-refractivity contribution in [2.45, 2.75) is 19.9 Å². The second kappa shape index (κ2) is 6.15. The number of ether oxygens (including phenoxy) is 1. The number of amides is 1. The highest BCUT2D eigenvalue weighted by molar-refractivity contribution is 7.13. The molecular weight excluding hydrogens is 254 g/mol. The Labute approximate surface area is 108 Å². The number of hydrogen-bond donors (Lipinski definition) is 1. The van der Waals surface area contributed by atoms with Gasteiger partial charge in [-0.3, -0.25) is 0 Å². The number of thiophene rings is 1. The SMILES string of the molecule is CCCOC(=O)NCc1noc(-c2cccs2)n1. The fourth-order valence-corrected chi connectivity index (χ4v) is 1.87. The summed E-state index contributed by atoms with van der Waals surface area (Å²) in [5.41, 5.74) is 0. The fourth-order valence-electron chi connectivity index (χ4n) is 1.22. The van der Waals surface area contributed by atoms with Gasteiger partial charge >= 0.3 is 6.09 Å². The number of carbonyl (C=O) groups excluding carboxylic acids is 1. The first-order valence-corrected chi connectivity index (χ1v) is 6.44. The molecule has 1 amide bonds. The minimum atomic E-state index is -0.473. The third kappa shape index (κ3) is 3.30. The quantitative estimate of drug-likeness (QED) is 0.900. The monoisotopic (exact) mass is 267 g/mol. The van der Waals surface area contributed by atoms with Gasteiger partial charge in [-0.2, -0.15) is 4.98 Å². The first-order valence-electron chi connectivity index (χ1n) is 5.56. The van der Waals surface area contributed by atoms with Gasteiger partial charge in [0, 0.05) is 0 Å². The number of carbonyl (C=O) groups is 1. The molecule has 0 spiro atoms. The van der Waals surface area contributed by atoms with Gasteiger partial charge in [0.15, 0.2) is 5.82 Å². The van der Waals surface area contributed by atoms with Crippen molar-refractivity contribution in [3.63, 3.8) is 0 Å². The van der Waals surface area contributed by atoms with E-state index < -0.39 is 6.09 Å². The molecule has 7 heteroatoms. The highest BCUT2D eigenvalue weighted by Crippen LogP contribution is 2.22. The first kappa shape index (κ1) is 12.6. The molecule has 0 unspecified atom stereocenters. The van der Waals surface area contributed by atoms with Crippen LogP contribution >= 0.6 is 11.3 Å². The Morgan fingerprint density at radius 1 is 1.61 bits per heavy atom. The van der Waals surface area contributed by atoms with Gasteiger partial charge in [0.1, 0.15) is 0 Å². The standard InChI is InChI=1S/C11H13N3O3S/c1-2-5-16-11(15)12-7-9-13-10(17-14-9)8-4-3-6-18-8/h3-4,6H,2,5,7H2,1H3,(H,12,15). The summed E-state index contributed by atoms with van der Waals surface area (Å²) in [6.45, 7) is 2.52. The van der Waals surface area contributed by atoms with Gasteiger partial charge in [-0.1, -0.05) is 18.1 Å². The second-order valence-corrected chi connectivity index (χ2v) is 4.43. The lowest BCUT2D eigenvalue weighted by atomic mass is 10.5. The van der Waals surface area contributed by atoms with Crippen LogP contribution in [0.5, 0.6) is 0 Å². The van der Waals surface area contributed by atoms with E-state index in [9.17, 15) is 4.79 Å². The molecule has 2 heterocycles. The van der Waals surface area contributed by atoms with Gasteiger partial charge in [0.2, 0.25) is 0 Å². The second-order valence-electron chi connectivity index (χ2n) is 3.48. The lowest BCUT2D eigenvalue weighted by molar-refractivity contribution is 0.145. The van der Waals surface area contributed by atoms with Crippen LogP contribution in [0.15, 0.2) is 22.0 Å². The van der Waals surface area contributed by atoms with Crippen molar-refractivity contribution in [3.05, 3.63) is 23.3 Å². The number of nitrogens with zero attached hydrogens (tertiary/aromatic N) is 2. The molecule has 1 N–H and O–H groups in total. The Kier molecular flexibility index (Phi) is 4.30. The van der Waals surface area contributed by atoms with Gasteiger partial charge in [0.05, 0.1) is 18.0 Å². The molecular formula is C11H13N3O3S. The maximum Gasteiger partial charge on any atom is 0.407 e. The van der Waals surface area contributed by atoms with Crippen LogP contribution in [0.1, 0.15) is 19.2 Å². The maximum absolute atomic E-state index is 11.2. The Bertz CT molecular complexity index is 495. The van der Waals surface area contributed by atoms with E-state index in [0.717, 1.165) is 11.3 Å². The summed E-state index contributed by atoms with van der Waals surface area (Å²) < 4.78 is 9.94. The predicted molar refractivity (Wildman–Crippen MR) is 66.1 cm³/mol. The van der Waals surface area contributed by atoms with Crippen molar-refractivity contribution in [1.82, 2.24) is 15.5 Å². The van der Waals surface area contributed by atoms with Gasteiger partial charge in [-0.15, -0.1) is 11.3 Å². The zero-order valence-corrected chi connectivity index (χ0v) is 10.7. The summed E-state index contributed by atoms with van der Waals surface area (Å²) in [7, 11) is 0. The largest absolute Gasteiger partial charge is 0.450 e. The predicted octanol–water partition coefficient (Wildman–Crippen LogP) is 2.43. The highest BCUT2D eigenvalue weighted by Gasteiger charge is 2.10. The maximum atomic E-state index is 11.2. The molecule has 0 fully saturated rings. The average molecular weight is 267 g/mol. The minimum absolute atomic E-state index is 0.192. The highest BCUT2D eigenvalue weighted by atomic mass is 32.1. The van der Waals surface area contributed by atoms with E-state index in [0.29, 0.717) is 18.3 Å². The third-order valence-electron chi connectivity index (χ3n) is 2.03. The van der Waals surface area contributed by atoms with Crippen molar-refractivity contribution in [2.24, 2.45) is 0 Å². The summed E-state index contributed by atoms with van der Waals surface area (Å²) in [6.07, 6.45) is 0.317. The average Bonchev–Trinajstić information content (AvgIpc) is 3.03. The van der Waals surface area contributed by atoms with Crippen molar-refractivity contribution in [3.8, 4) is 10.8 Å². The molecule has 0 saturated carbocycles. The first-order chi connectivity index (χ1) is 8.79. The third-order valence-corrected chi connectivity index (χ3v) is 2.89. The Hall–Kier alpha value is -1.89. The van der Waals surface area contributed by atoms with E-state index in [1.807, 2.05) is 24.4 Å². The molecule has 0 aromatic carbocycles. The number of rotatable bonds is 5. The van der Waals surface area contributed by atoms with E-state index in [1.165, 1.54) is 11.3 Å². The molecule has 0 aliphatic carbocycles. The molecule has 0 saturated heterocycles. The minimum Gasteiger partial charge on any atom is -0.450 e. The lowest BCUT2D eigenvalue weighted by Gasteiger charge is -2.02. The molecule has 2 rings (SSSR count). The van der Waals surface area contributed by atoms with Crippen LogP contribution in [0.4, 0.5) is 4.79 Å². The van der Waals surface area contributed by atoms with Crippen LogP contribution in [-0.2, 0) is 11.3 Å². The summed E-state index contributed by atoms with van der Waals surface area (Å²) in [6, 6.07) is 3.80. The zero-order valence-electron chi connectivity index (χ0n) is 9.88.